The molecule has 0 radical (unpaired) electrons. The molecule has 0 unspecified atom stereocenters. The molecule has 0 bridgehead atoms. The summed E-state index contributed by atoms with van der Waals surface area (Å²) in [5.41, 5.74) is 4.21. The molecule has 0 aliphatic carbocycles. The predicted molar refractivity (Wildman–Crippen MR) is 114 cm³/mol. The van der Waals surface area contributed by atoms with Crippen molar-refractivity contribution in [1.82, 2.24) is 10.2 Å². The van der Waals surface area contributed by atoms with E-state index in [0.717, 1.165) is 23.1 Å². The zero-order chi connectivity index (χ0) is 19.8. The van der Waals surface area contributed by atoms with Crippen LogP contribution in [0.5, 0.6) is 0 Å². The van der Waals surface area contributed by atoms with Crippen molar-refractivity contribution in [3.05, 3.63) is 88.7 Å². The number of carbonyl (C=O) groups excluding carboxylic acids is 1. The summed E-state index contributed by atoms with van der Waals surface area (Å²) >= 11 is 0. The number of anilines is 2. The molecule has 6 nitrogen and oxygen atoms in total. The van der Waals surface area contributed by atoms with Gasteiger partial charge < -0.3 is 5.32 Å². The molecule has 29 heavy (non-hydrogen) atoms. The summed E-state index contributed by atoms with van der Waals surface area (Å²) in [6, 6.07) is 22.7. The van der Waals surface area contributed by atoms with E-state index in [1.54, 1.807) is 11.0 Å². The molecule has 6 heteroatoms. The first-order valence-corrected chi connectivity index (χ1v) is 9.45. The van der Waals surface area contributed by atoms with Crippen molar-refractivity contribution in [2.45, 2.75) is 6.42 Å². The number of para-hydroxylation sites is 1. The summed E-state index contributed by atoms with van der Waals surface area (Å²) in [6.45, 7) is 0.677. The number of urea groups is 1. The number of amides is 2. The van der Waals surface area contributed by atoms with Gasteiger partial charge in [0.1, 0.15) is 0 Å². The Morgan fingerprint density at radius 3 is 2.48 bits per heavy atom. The second kappa shape index (κ2) is 6.91. The van der Waals surface area contributed by atoms with E-state index in [4.69, 9.17) is 0 Å². The second-order valence-electron chi connectivity index (χ2n) is 6.98. The molecule has 0 atom stereocenters. The molecular weight excluding hydrogens is 364 g/mol. The summed E-state index contributed by atoms with van der Waals surface area (Å²) in [7, 11) is 0. The lowest BCUT2D eigenvalue weighted by Gasteiger charge is -2.18. The van der Waals surface area contributed by atoms with Crippen molar-refractivity contribution in [3.63, 3.8) is 0 Å². The van der Waals surface area contributed by atoms with E-state index in [9.17, 15) is 9.59 Å². The zero-order valence-corrected chi connectivity index (χ0v) is 15.6. The summed E-state index contributed by atoms with van der Waals surface area (Å²) in [6.07, 6.45) is 0.869. The van der Waals surface area contributed by atoms with Gasteiger partial charge in [-0.2, -0.15) is 5.10 Å². The van der Waals surface area contributed by atoms with E-state index >= 15 is 0 Å². The predicted octanol–water partition coefficient (Wildman–Crippen LogP) is 4.18. The number of hydrogen-bond donors (Lipinski definition) is 2. The molecule has 5 rings (SSSR count). The first kappa shape index (κ1) is 17.2. The molecule has 0 saturated carbocycles. The highest BCUT2D eigenvalue weighted by molar-refractivity contribution is 6.03. The number of aromatic nitrogens is 2. The largest absolute Gasteiger partial charge is 0.326 e. The van der Waals surface area contributed by atoms with Gasteiger partial charge in [-0.25, -0.2) is 9.89 Å². The fraction of sp³-hybridized carbons (Fsp3) is 0.0870. The quantitative estimate of drug-likeness (QED) is 0.546. The minimum Gasteiger partial charge on any atom is -0.308 e. The van der Waals surface area contributed by atoms with Gasteiger partial charge in [-0.05, 0) is 36.2 Å². The van der Waals surface area contributed by atoms with Crippen LogP contribution in [-0.4, -0.2) is 22.8 Å². The molecule has 0 saturated heterocycles. The van der Waals surface area contributed by atoms with Crippen LogP contribution < -0.4 is 15.8 Å². The van der Waals surface area contributed by atoms with Crippen molar-refractivity contribution in [1.29, 1.82) is 0 Å². The third-order valence-electron chi connectivity index (χ3n) is 5.24. The first-order chi connectivity index (χ1) is 14.2. The molecule has 142 valence electrons. The maximum Gasteiger partial charge on any atom is 0.326 e. The number of fused-ring (bicyclic) bond motifs is 2. The van der Waals surface area contributed by atoms with Gasteiger partial charge in [0.25, 0.3) is 5.56 Å². The van der Waals surface area contributed by atoms with Crippen LogP contribution in [0, 0.1) is 0 Å². The Balaban J connectivity index is 1.40. The van der Waals surface area contributed by atoms with E-state index < -0.39 is 0 Å². The first-order valence-electron chi connectivity index (χ1n) is 9.45. The van der Waals surface area contributed by atoms with Crippen LogP contribution >= 0.6 is 0 Å². The van der Waals surface area contributed by atoms with Crippen molar-refractivity contribution in [2.75, 3.05) is 16.8 Å². The fourth-order valence-corrected chi connectivity index (χ4v) is 3.79. The molecule has 2 N–H and O–H groups in total. The Hall–Kier alpha value is -3.93. The van der Waals surface area contributed by atoms with Gasteiger partial charge in [0.2, 0.25) is 0 Å². The van der Waals surface area contributed by atoms with Crippen LogP contribution in [0.15, 0.2) is 77.6 Å². The molecule has 0 spiro atoms. The number of hydrogen-bond acceptors (Lipinski definition) is 3. The molecular formula is C23H18N4O2. The van der Waals surface area contributed by atoms with Crippen molar-refractivity contribution in [3.8, 4) is 11.3 Å². The highest BCUT2D eigenvalue weighted by atomic mass is 16.2. The van der Waals surface area contributed by atoms with Gasteiger partial charge in [-0.15, -0.1) is 0 Å². The van der Waals surface area contributed by atoms with Crippen LogP contribution in [0.25, 0.3) is 22.0 Å². The molecule has 1 aromatic heterocycles. The van der Waals surface area contributed by atoms with E-state index in [2.05, 4.69) is 21.6 Å². The molecule has 0 fully saturated rings. The van der Waals surface area contributed by atoms with E-state index in [1.165, 1.54) is 5.56 Å². The van der Waals surface area contributed by atoms with Crippen molar-refractivity contribution < 1.29 is 4.79 Å². The Morgan fingerprint density at radius 1 is 0.931 bits per heavy atom. The number of aromatic amines is 1. The number of H-pyrrole nitrogens is 1. The number of benzene rings is 3. The van der Waals surface area contributed by atoms with E-state index in [-0.39, 0.29) is 11.6 Å². The lowest BCUT2D eigenvalue weighted by molar-refractivity contribution is 0.257. The van der Waals surface area contributed by atoms with Crippen LogP contribution in [-0.2, 0) is 6.42 Å². The minimum absolute atomic E-state index is 0.143. The van der Waals surface area contributed by atoms with Crippen molar-refractivity contribution in [2.24, 2.45) is 0 Å². The lowest BCUT2D eigenvalue weighted by atomic mass is 10.0. The topological polar surface area (TPSA) is 78.1 Å². The average molecular weight is 382 g/mol. The second-order valence-corrected chi connectivity index (χ2v) is 6.98. The van der Waals surface area contributed by atoms with E-state index in [1.807, 2.05) is 60.7 Å². The Morgan fingerprint density at radius 2 is 1.66 bits per heavy atom. The van der Waals surface area contributed by atoms with Crippen molar-refractivity contribution >= 4 is 28.2 Å². The van der Waals surface area contributed by atoms with Gasteiger partial charge in [0.15, 0.2) is 0 Å². The number of nitrogens with zero attached hydrogens (tertiary/aromatic N) is 2. The van der Waals surface area contributed by atoms with Gasteiger partial charge in [0, 0.05) is 28.9 Å². The molecule has 2 heterocycles. The molecule has 3 aromatic carbocycles. The fourth-order valence-electron chi connectivity index (χ4n) is 3.79. The average Bonchev–Trinajstić information content (AvgIpc) is 3.19. The van der Waals surface area contributed by atoms with Crippen LogP contribution in [0.4, 0.5) is 16.2 Å². The third kappa shape index (κ3) is 3.04. The normalized spacial score (nSPS) is 12.8. The highest BCUT2D eigenvalue weighted by Crippen LogP contribution is 2.29. The van der Waals surface area contributed by atoms with Gasteiger partial charge in [-0.3, -0.25) is 9.69 Å². The summed E-state index contributed by atoms with van der Waals surface area (Å²) in [5.74, 6) is 0. The smallest absolute Gasteiger partial charge is 0.308 e. The van der Waals surface area contributed by atoms with Crippen LogP contribution in [0.2, 0.25) is 0 Å². The Kier molecular flexibility index (Phi) is 4.09. The lowest BCUT2D eigenvalue weighted by Crippen LogP contribution is -2.33. The number of nitrogens with one attached hydrogen (secondary N) is 2. The van der Waals surface area contributed by atoms with Gasteiger partial charge in [0.05, 0.1) is 11.1 Å². The maximum atomic E-state index is 12.7. The highest BCUT2D eigenvalue weighted by Gasteiger charge is 2.24. The van der Waals surface area contributed by atoms with Crippen LogP contribution in [0.1, 0.15) is 5.56 Å². The van der Waals surface area contributed by atoms with Crippen LogP contribution in [0.3, 0.4) is 0 Å². The molecule has 1 aliphatic rings. The monoisotopic (exact) mass is 382 g/mol. The number of carbonyl (C=O) groups is 1. The summed E-state index contributed by atoms with van der Waals surface area (Å²) in [5, 5.41) is 11.1. The Bertz CT molecular complexity index is 1280. The third-order valence-corrected chi connectivity index (χ3v) is 5.24. The molecule has 4 aromatic rings. The summed E-state index contributed by atoms with van der Waals surface area (Å²) in [4.78, 5) is 26.5. The SMILES string of the molecule is O=C(Nc1ccc(-c2n[nH]c(=O)c3ccccc23)cc1)N1CCc2ccccc21. The number of rotatable bonds is 2. The molecule has 2 amide bonds. The zero-order valence-electron chi connectivity index (χ0n) is 15.6. The van der Waals surface area contributed by atoms with E-state index in [0.29, 0.717) is 23.3 Å². The Labute approximate surface area is 166 Å². The minimum atomic E-state index is -0.209. The summed E-state index contributed by atoms with van der Waals surface area (Å²) < 4.78 is 0. The van der Waals surface area contributed by atoms with Gasteiger partial charge >= 0.3 is 6.03 Å². The maximum absolute atomic E-state index is 12.7. The standard InChI is InChI=1S/C23H18N4O2/c28-22-19-7-3-2-6-18(19)21(25-26-22)16-9-11-17(12-10-16)24-23(29)27-14-13-15-5-1-4-8-20(15)27/h1-12H,13-14H2,(H,24,29)(H,26,28). The van der Waals surface area contributed by atoms with Gasteiger partial charge in [-0.1, -0.05) is 48.5 Å². The molecule has 1 aliphatic heterocycles.